The Kier molecular flexibility index (Phi) is 2.68. The molecule has 0 radical (unpaired) electrons. The minimum absolute atomic E-state index is 0.547. The van der Waals surface area contributed by atoms with E-state index in [0.717, 1.165) is 15.9 Å². The largest absolute Gasteiger partial charge is 0.383 e. The van der Waals surface area contributed by atoms with Gasteiger partial charge in [0.2, 0.25) is 0 Å². The highest BCUT2D eigenvalue weighted by molar-refractivity contribution is 9.10. The summed E-state index contributed by atoms with van der Waals surface area (Å²) < 4.78 is 2.46. The highest BCUT2D eigenvalue weighted by Crippen LogP contribution is 2.18. The number of hydrogen-bond acceptors (Lipinski definition) is 4. The zero-order valence-electron chi connectivity index (χ0n) is 8.18. The van der Waals surface area contributed by atoms with E-state index in [4.69, 9.17) is 5.73 Å². The van der Waals surface area contributed by atoms with Crippen LogP contribution in [0.5, 0.6) is 0 Å². The van der Waals surface area contributed by atoms with E-state index in [-0.39, 0.29) is 0 Å². The van der Waals surface area contributed by atoms with Gasteiger partial charge in [-0.05, 0) is 22.0 Å². The van der Waals surface area contributed by atoms with Crippen LogP contribution in [0.15, 0.2) is 22.9 Å². The molecule has 0 aliphatic carbocycles. The molecule has 0 unspecified atom stereocenters. The van der Waals surface area contributed by atoms with Crippen molar-refractivity contribution in [1.29, 1.82) is 0 Å². The predicted molar refractivity (Wildman–Crippen MR) is 60.2 cm³/mol. The van der Waals surface area contributed by atoms with E-state index in [1.807, 2.05) is 19.2 Å². The normalized spacial score (nSPS) is 10.5. The molecule has 0 aliphatic rings. The van der Waals surface area contributed by atoms with Crippen molar-refractivity contribution >= 4 is 21.7 Å². The van der Waals surface area contributed by atoms with E-state index < -0.39 is 0 Å². The molecule has 0 spiro atoms. The maximum Gasteiger partial charge on any atom is 0.151 e. The highest BCUT2D eigenvalue weighted by Gasteiger charge is 2.10. The summed E-state index contributed by atoms with van der Waals surface area (Å²) in [5.41, 5.74) is 7.72. The summed E-state index contributed by atoms with van der Waals surface area (Å²) in [5.74, 6) is 0.547. The first-order valence-corrected chi connectivity index (χ1v) is 5.21. The molecule has 78 valence electrons. The van der Waals surface area contributed by atoms with Crippen molar-refractivity contribution in [3.63, 3.8) is 0 Å². The van der Waals surface area contributed by atoms with E-state index in [1.54, 1.807) is 10.9 Å². The fourth-order valence-electron chi connectivity index (χ4n) is 1.32. The lowest BCUT2D eigenvalue weighted by molar-refractivity contribution is 0.686. The van der Waals surface area contributed by atoms with Gasteiger partial charge >= 0.3 is 0 Å². The lowest BCUT2D eigenvalue weighted by Crippen LogP contribution is -2.03. The monoisotopic (exact) mass is 267 g/mol. The van der Waals surface area contributed by atoms with Crippen LogP contribution in [0.4, 0.5) is 5.82 Å². The van der Waals surface area contributed by atoms with Gasteiger partial charge in [0.05, 0.1) is 5.69 Å². The van der Waals surface area contributed by atoms with Gasteiger partial charge in [0.25, 0.3) is 0 Å². The fourth-order valence-corrected chi connectivity index (χ4v) is 1.79. The number of nitrogens with zero attached hydrogens (tertiary/aromatic N) is 4. The van der Waals surface area contributed by atoms with Crippen LogP contribution in [0.2, 0.25) is 0 Å². The second-order valence-corrected chi connectivity index (χ2v) is 3.93. The van der Waals surface area contributed by atoms with Gasteiger partial charge in [0, 0.05) is 25.2 Å². The molecule has 0 aromatic carbocycles. The number of aromatic nitrogens is 4. The Labute approximate surface area is 95.4 Å². The number of halogens is 1. The number of aryl methyl sites for hydroxylation is 1. The second-order valence-electron chi connectivity index (χ2n) is 3.18. The van der Waals surface area contributed by atoms with Crippen molar-refractivity contribution in [3.8, 4) is 0 Å². The van der Waals surface area contributed by atoms with Gasteiger partial charge in [-0.3, -0.25) is 4.68 Å². The molecule has 2 heterocycles. The van der Waals surface area contributed by atoms with Gasteiger partial charge in [0.1, 0.15) is 5.82 Å². The van der Waals surface area contributed by atoms with Crippen molar-refractivity contribution in [2.45, 2.75) is 6.42 Å². The maximum atomic E-state index is 5.76. The lowest BCUT2D eigenvalue weighted by Gasteiger charge is -2.04. The summed E-state index contributed by atoms with van der Waals surface area (Å²) in [7, 11) is 1.85. The number of nitrogen functional groups attached to an aromatic ring is 1. The number of hydrogen-bond donors (Lipinski definition) is 1. The third-order valence-electron chi connectivity index (χ3n) is 2.18. The van der Waals surface area contributed by atoms with Crippen molar-refractivity contribution in [2.75, 3.05) is 5.73 Å². The van der Waals surface area contributed by atoms with Gasteiger partial charge in [-0.1, -0.05) is 11.3 Å². The Balaban J connectivity index is 2.34. The van der Waals surface area contributed by atoms with Crippen LogP contribution < -0.4 is 5.73 Å². The molecule has 0 saturated carbocycles. The topological polar surface area (TPSA) is 69.6 Å². The Bertz CT molecular complexity index is 460. The zero-order valence-corrected chi connectivity index (χ0v) is 9.77. The van der Waals surface area contributed by atoms with Crippen LogP contribution in [0.3, 0.4) is 0 Å². The summed E-state index contributed by atoms with van der Waals surface area (Å²) >= 11 is 3.34. The highest BCUT2D eigenvalue weighted by atomic mass is 79.9. The average molecular weight is 268 g/mol. The average Bonchev–Trinajstić information content (AvgIpc) is 2.53. The van der Waals surface area contributed by atoms with Crippen LogP contribution in [-0.2, 0) is 13.5 Å². The minimum atomic E-state index is 0.547. The molecule has 2 aromatic heterocycles. The third-order valence-corrected chi connectivity index (χ3v) is 2.80. The number of nitrogens with two attached hydrogens (primary N) is 1. The number of anilines is 1. The first kappa shape index (κ1) is 10.1. The molecule has 0 saturated heterocycles. The standard InChI is InChI=1S/C9H10BrN5/c1-15-7(8(10)13-14-15)5-6-3-2-4-12-9(6)11/h2-4H,5H2,1H3,(H2,11,12). The van der Waals surface area contributed by atoms with E-state index in [1.165, 1.54) is 0 Å². The van der Waals surface area contributed by atoms with Gasteiger partial charge in [-0.25, -0.2) is 4.98 Å². The Morgan fingerprint density at radius 1 is 1.53 bits per heavy atom. The predicted octanol–water partition coefficient (Wildman–Crippen LogP) is 1.15. The van der Waals surface area contributed by atoms with Crippen molar-refractivity contribution in [1.82, 2.24) is 20.0 Å². The fraction of sp³-hybridized carbons (Fsp3) is 0.222. The molecule has 2 aromatic rings. The first-order valence-electron chi connectivity index (χ1n) is 4.42. The molecule has 0 aliphatic heterocycles. The molecule has 6 heteroatoms. The Morgan fingerprint density at radius 3 is 2.93 bits per heavy atom. The summed E-state index contributed by atoms with van der Waals surface area (Å²) in [6.07, 6.45) is 2.35. The van der Waals surface area contributed by atoms with E-state index >= 15 is 0 Å². The number of rotatable bonds is 2. The molecule has 5 nitrogen and oxygen atoms in total. The van der Waals surface area contributed by atoms with Gasteiger partial charge in [-0.2, -0.15) is 0 Å². The summed E-state index contributed by atoms with van der Waals surface area (Å²) in [5, 5.41) is 7.81. The molecule has 15 heavy (non-hydrogen) atoms. The van der Waals surface area contributed by atoms with Crippen LogP contribution in [0.25, 0.3) is 0 Å². The zero-order chi connectivity index (χ0) is 10.8. The molecule has 0 atom stereocenters. The molecular weight excluding hydrogens is 258 g/mol. The van der Waals surface area contributed by atoms with Gasteiger partial charge < -0.3 is 5.73 Å². The SMILES string of the molecule is Cn1nnc(Br)c1Cc1cccnc1N. The second kappa shape index (κ2) is 3.98. The summed E-state index contributed by atoms with van der Waals surface area (Å²) in [6.45, 7) is 0. The molecule has 0 amide bonds. The van der Waals surface area contributed by atoms with Gasteiger partial charge in [0.15, 0.2) is 4.60 Å². The molecular formula is C9H10BrN5. The van der Waals surface area contributed by atoms with Crippen LogP contribution >= 0.6 is 15.9 Å². The molecule has 0 fully saturated rings. The summed E-state index contributed by atoms with van der Waals surface area (Å²) in [6, 6.07) is 3.81. The lowest BCUT2D eigenvalue weighted by atomic mass is 10.1. The first-order chi connectivity index (χ1) is 7.18. The molecule has 0 bridgehead atoms. The van der Waals surface area contributed by atoms with Gasteiger partial charge in [-0.15, -0.1) is 5.10 Å². The van der Waals surface area contributed by atoms with E-state index in [9.17, 15) is 0 Å². The van der Waals surface area contributed by atoms with E-state index in [2.05, 4.69) is 31.2 Å². The third kappa shape index (κ3) is 1.99. The van der Waals surface area contributed by atoms with Crippen LogP contribution in [0.1, 0.15) is 11.3 Å². The quantitative estimate of drug-likeness (QED) is 0.886. The molecule has 2 rings (SSSR count). The molecule has 2 N–H and O–H groups in total. The van der Waals surface area contributed by atoms with Crippen molar-refractivity contribution < 1.29 is 0 Å². The summed E-state index contributed by atoms with van der Waals surface area (Å²) in [4.78, 5) is 4.03. The van der Waals surface area contributed by atoms with Crippen molar-refractivity contribution in [2.24, 2.45) is 7.05 Å². The van der Waals surface area contributed by atoms with Crippen LogP contribution in [0, 0.1) is 0 Å². The van der Waals surface area contributed by atoms with Crippen LogP contribution in [-0.4, -0.2) is 20.0 Å². The maximum absolute atomic E-state index is 5.76. The number of pyridine rings is 1. The Hall–Kier alpha value is -1.43. The van der Waals surface area contributed by atoms with Crippen molar-refractivity contribution in [3.05, 3.63) is 34.2 Å². The minimum Gasteiger partial charge on any atom is -0.383 e. The smallest absolute Gasteiger partial charge is 0.151 e. The Morgan fingerprint density at radius 2 is 2.33 bits per heavy atom. The van der Waals surface area contributed by atoms with E-state index in [0.29, 0.717) is 12.2 Å².